The number of halogens is 1. The van der Waals surface area contributed by atoms with Gasteiger partial charge in [0.2, 0.25) is 0 Å². The number of para-hydroxylation sites is 1. The predicted octanol–water partition coefficient (Wildman–Crippen LogP) is 4.35. The number of hydrogen-bond acceptors (Lipinski definition) is 2. The summed E-state index contributed by atoms with van der Waals surface area (Å²) in [5, 5.41) is 0. The fourth-order valence-electron chi connectivity index (χ4n) is 1.71. The molecule has 3 heteroatoms. The molecule has 0 radical (unpaired) electrons. The Morgan fingerprint density at radius 3 is 2.53 bits per heavy atom. The van der Waals surface area contributed by atoms with Gasteiger partial charge in [0.25, 0.3) is 0 Å². The summed E-state index contributed by atoms with van der Waals surface area (Å²) in [7, 11) is 1.56. The summed E-state index contributed by atoms with van der Waals surface area (Å²) in [6.07, 6.45) is 3.34. The van der Waals surface area contributed by atoms with Gasteiger partial charge in [-0.05, 0) is 35.9 Å². The van der Waals surface area contributed by atoms with E-state index in [4.69, 9.17) is 4.74 Å². The molecule has 2 rings (SSSR count). The van der Waals surface area contributed by atoms with Crippen LogP contribution in [0.2, 0.25) is 0 Å². The van der Waals surface area contributed by atoms with E-state index in [0.717, 1.165) is 10.0 Å². The summed E-state index contributed by atoms with van der Waals surface area (Å²) in [6, 6.07) is 14.9. The highest BCUT2D eigenvalue weighted by atomic mass is 79.9. The van der Waals surface area contributed by atoms with Gasteiger partial charge in [-0.2, -0.15) is 0 Å². The van der Waals surface area contributed by atoms with Crippen LogP contribution < -0.4 is 4.74 Å². The van der Waals surface area contributed by atoms with Gasteiger partial charge in [0.1, 0.15) is 5.75 Å². The largest absolute Gasteiger partial charge is 0.496 e. The van der Waals surface area contributed by atoms with Gasteiger partial charge < -0.3 is 4.74 Å². The molecule has 2 aromatic rings. The predicted molar refractivity (Wildman–Crippen MR) is 80.5 cm³/mol. The van der Waals surface area contributed by atoms with Crippen LogP contribution in [0, 0.1) is 0 Å². The molecule has 0 heterocycles. The number of rotatable bonds is 4. The van der Waals surface area contributed by atoms with E-state index in [1.807, 2.05) is 36.4 Å². The van der Waals surface area contributed by atoms with Crippen molar-refractivity contribution in [2.24, 2.45) is 0 Å². The fraction of sp³-hybridized carbons (Fsp3) is 0.0625. The summed E-state index contributed by atoms with van der Waals surface area (Å²) in [5.74, 6) is 0.512. The summed E-state index contributed by atoms with van der Waals surface area (Å²) in [6.45, 7) is 0. The third kappa shape index (κ3) is 3.32. The number of allylic oxidation sites excluding steroid dienone is 1. The molecule has 0 saturated heterocycles. The molecule has 0 aromatic heterocycles. The van der Waals surface area contributed by atoms with Crippen LogP contribution in [0.25, 0.3) is 6.08 Å². The van der Waals surface area contributed by atoms with Crippen molar-refractivity contribution < 1.29 is 9.53 Å². The van der Waals surface area contributed by atoms with E-state index in [0.29, 0.717) is 11.3 Å². The molecule has 0 bridgehead atoms. The topological polar surface area (TPSA) is 26.3 Å². The number of methoxy groups -OCH3 is 1. The third-order valence-electron chi connectivity index (χ3n) is 2.69. The second kappa shape index (κ2) is 6.34. The monoisotopic (exact) mass is 316 g/mol. The Kier molecular flexibility index (Phi) is 4.53. The Balaban J connectivity index is 2.24. The Hall–Kier alpha value is -1.87. The molecule has 0 spiro atoms. The van der Waals surface area contributed by atoms with E-state index in [9.17, 15) is 4.79 Å². The lowest BCUT2D eigenvalue weighted by Gasteiger charge is -2.04. The molecular weight excluding hydrogens is 304 g/mol. The van der Waals surface area contributed by atoms with E-state index >= 15 is 0 Å². The summed E-state index contributed by atoms with van der Waals surface area (Å²) in [5.41, 5.74) is 1.53. The maximum absolute atomic E-state index is 12.1. The number of benzene rings is 2. The summed E-state index contributed by atoms with van der Waals surface area (Å²) in [4.78, 5) is 12.1. The third-order valence-corrected chi connectivity index (χ3v) is 3.41. The van der Waals surface area contributed by atoms with Crippen LogP contribution in [0.1, 0.15) is 15.9 Å². The molecule has 0 saturated carbocycles. The first-order chi connectivity index (χ1) is 9.22. The van der Waals surface area contributed by atoms with Crippen molar-refractivity contribution in [1.29, 1.82) is 0 Å². The second-order valence-corrected chi connectivity index (χ2v) is 4.77. The number of ether oxygens (including phenoxy) is 1. The Morgan fingerprint density at radius 2 is 1.79 bits per heavy atom. The lowest BCUT2D eigenvalue weighted by molar-refractivity contribution is 0.104. The SMILES string of the molecule is COc1ccccc1C(=O)/C=C/c1ccccc1Br. The molecule has 19 heavy (non-hydrogen) atoms. The number of carbonyl (C=O) groups is 1. The normalized spacial score (nSPS) is 10.6. The number of ketones is 1. The molecule has 0 aliphatic carbocycles. The number of carbonyl (C=O) groups excluding carboxylic acids is 1. The summed E-state index contributed by atoms with van der Waals surface area (Å²) >= 11 is 3.44. The molecule has 2 nitrogen and oxygen atoms in total. The Morgan fingerprint density at radius 1 is 1.11 bits per heavy atom. The van der Waals surface area contributed by atoms with Gasteiger partial charge in [0.05, 0.1) is 12.7 Å². The molecule has 0 aliphatic heterocycles. The van der Waals surface area contributed by atoms with Crippen molar-refractivity contribution >= 4 is 27.8 Å². The standard InChI is InChI=1S/C16H13BrO2/c1-19-16-9-5-3-7-13(16)15(18)11-10-12-6-2-4-8-14(12)17/h2-11H,1H3/b11-10+. The first kappa shape index (κ1) is 13.6. The lowest BCUT2D eigenvalue weighted by atomic mass is 10.1. The number of hydrogen-bond donors (Lipinski definition) is 0. The molecule has 96 valence electrons. The molecule has 0 fully saturated rings. The highest BCUT2D eigenvalue weighted by Crippen LogP contribution is 2.20. The first-order valence-electron chi connectivity index (χ1n) is 5.82. The maximum atomic E-state index is 12.1. The molecule has 0 amide bonds. The zero-order chi connectivity index (χ0) is 13.7. The van der Waals surface area contributed by atoms with Gasteiger partial charge in [0.15, 0.2) is 5.78 Å². The van der Waals surface area contributed by atoms with Gasteiger partial charge in [-0.1, -0.05) is 46.3 Å². The van der Waals surface area contributed by atoms with E-state index in [-0.39, 0.29) is 5.78 Å². The van der Waals surface area contributed by atoms with Crippen LogP contribution in [-0.4, -0.2) is 12.9 Å². The van der Waals surface area contributed by atoms with E-state index in [1.165, 1.54) is 0 Å². The van der Waals surface area contributed by atoms with Crippen LogP contribution in [0.5, 0.6) is 5.75 Å². The highest BCUT2D eigenvalue weighted by Gasteiger charge is 2.08. The fourth-order valence-corrected chi connectivity index (χ4v) is 2.13. The quantitative estimate of drug-likeness (QED) is 0.619. The molecule has 0 aliphatic rings. The average Bonchev–Trinajstić information content (AvgIpc) is 2.46. The summed E-state index contributed by atoms with van der Waals surface area (Å²) < 4.78 is 6.14. The van der Waals surface area contributed by atoms with Crippen LogP contribution in [0.3, 0.4) is 0 Å². The minimum Gasteiger partial charge on any atom is -0.496 e. The minimum absolute atomic E-state index is 0.0757. The first-order valence-corrected chi connectivity index (χ1v) is 6.61. The molecular formula is C16H13BrO2. The van der Waals surface area contributed by atoms with Gasteiger partial charge >= 0.3 is 0 Å². The zero-order valence-corrected chi connectivity index (χ0v) is 12.1. The van der Waals surface area contributed by atoms with Crippen LogP contribution in [-0.2, 0) is 0 Å². The van der Waals surface area contributed by atoms with Gasteiger partial charge in [0, 0.05) is 4.47 Å². The lowest BCUT2D eigenvalue weighted by Crippen LogP contribution is -1.98. The Labute approximate surface area is 120 Å². The van der Waals surface area contributed by atoms with Crippen molar-refractivity contribution in [3.8, 4) is 5.75 Å². The van der Waals surface area contributed by atoms with E-state index < -0.39 is 0 Å². The molecule has 0 unspecified atom stereocenters. The van der Waals surface area contributed by atoms with E-state index in [1.54, 1.807) is 31.4 Å². The molecule has 0 atom stereocenters. The van der Waals surface area contributed by atoms with Crippen molar-refractivity contribution in [2.75, 3.05) is 7.11 Å². The van der Waals surface area contributed by atoms with Crippen LogP contribution in [0.15, 0.2) is 59.1 Å². The van der Waals surface area contributed by atoms with Gasteiger partial charge in [-0.15, -0.1) is 0 Å². The van der Waals surface area contributed by atoms with Gasteiger partial charge in [-0.25, -0.2) is 0 Å². The van der Waals surface area contributed by atoms with Crippen molar-refractivity contribution in [2.45, 2.75) is 0 Å². The maximum Gasteiger partial charge on any atom is 0.189 e. The highest BCUT2D eigenvalue weighted by molar-refractivity contribution is 9.10. The average molecular weight is 317 g/mol. The van der Waals surface area contributed by atoms with Crippen molar-refractivity contribution in [1.82, 2.24) is 0 Å². The molecule has 0 N–H and O–H groups in total. The Bertz CT molecular complexity index is 618. The molecule has 2 aromatic carbocycles. The van der Waals surface area contributed by atoms with Crippen LogP contribution >= 0.6 is 15.9 Å². The minimum atomic E-state index is -0.0757. The van der Waals surface area contributed by atoms with Gasteiger partial charge in [-0.3, -0.25) is 4.79 Å². The van der Waals surface area contributed by atoms with Crippen LogP contribution in [0.4, 0.5) is 0 Å². The van der Waals surface area contributed by atoms with E-state index in [2.05, 4.69) is 15.9 Å². The van der Waals surface area contributed by atoms with Crippen molar-refractivity contribution in [3.63, 3.8) is 0 Å². The zero-order valence-electron chi connectivity index (χ0n) is 10.5. The second-order valence-electron chi connectivity index (χ2n) is 3.92. The smallest absolute Gasteiger partial charge is 0.189 e. The van der Waals surface area contributed by atoms with Crippen molar-refractivity contribution in [3.05, 3.63) is 70.2 Å².